The van der Waals surface area contributed by atoms with E-state index >= 15 is 0 Å². The largest absolute Gasteiger partial charge is 0.272 e. The Morgan fingerprint density at radius 3 is 2.71 bits per heavy atom. The van der Waals surface area contributed by atoms with Gasteiger partial charge < -0.3 is 0 Å². The molecule has 0 saturated carbocycles. The molecule has 0 radical (unpaired) electrons. The lowest BCUT2D eigenvalue weighted by Crippen LogP contribution is -2.47. The van der Waals surface area contributed by atoms with Crippen LogP contribution in [0.5, 0.6) is 0 Å². The molecule has 2 heterocycles. The van der Waals surface area contributed by atoms with Crippen molar-refractivity contribution in [2.24, 2.45) is 11.3 Å². The van der Waals surface area contributed by atoms with Gasteiger partial charge in [0.2, 0.25) is 0 Å². The second-order valence-corrected chi connectivity index (χ2v) is 5.54. The van der Waals surface area contributed by atoms with Crippen LogP contribution in [0, 0.1) is 11.3 Å². The maximum absolute atomic E-state index is 12.5. The SMILES string of the molecule is C[C@@]12CC=CC[C@H]1C(=O)N(NC(=O)c1ccncc1)C2=O. The summed E-state index contributed by atoms with van der Waals surface area (Å²) in [5.41, 5.74) is 2.01. The molecule has 2 aliphatic rings. The van der Waals surface area contributed by atoms with Gasteiger partial charge in [0.25, 0.3) is 17.7 Å². The van der Waals surface area contributed by atoms with Crippen LogP contribution in [0.2, 0.25) is 0 Å². The lowest BCUT2D eigenvalue weighted by molar-refractivity contribution is -0.144. The number of imide groups is 1. The van der Waals surface area contributed by atoms with Gasteiger partial charge in [0, 0.05) is 18.0 Å². The van der Waals surface area contributed by atoms with Crippen LogP contribution in [0.15, 0.2) is 36.7 Å². The summed E-state index contributed by atoms with van der Waals surface area (Å²) in [6.07, 6.45) is 7.83. The summed E-state index contributed by atoms with van der Waals surface area (Å²) < 4.78 is 0. The molecule has 2 atom stereocenters. The Kier molecular flexibility index (Phi) is 3.08. The van der Waals surface area contributed by atoms with E-state index in [1.165, 1.54) is 24.5 Å². The van der Waals surface area contributed by atoms with Crippen molar-refractivity contribution in [3.05, 3.63) is 42.2 Å². The topological polar surface area (TPSA) is 79.4 Å². The first-order valence-electron chi connectivity index (χ1n) is 6.78. The second-order valence-electron chi connectivity index (χ2n) is 5.54. The first-order valence-corrected chi connectivity index (χ1v) is 6.78. The van der Waals surface area contributed by atoms with Gasteiger partial charge in [-0.05, 0) is 31.9 Å². The summed E-state index contributed by atoms with van der Waals surface area (Å²) in [7, 11) is 0. The van der Waals surface area contributed by atoms with Crippen molar-refractivity contribution in [1.82, 2.24) is 15.4 Å². The number of fused-ring (bicyclic) bond motifs is 1. The first kappa shape index (κ1) is 13.5. The number of carbonyl (C=O) groups is 3. The third-order valence-corrected chi connectivity index (χ3v) is 4.22. The minimum Gasteiger partial charge on any atom is -0.272 e. The van der Waals surface area contributed by atoms with Gasteiger partial charge in [-0.15, -0.1) is 0 Å². The van der Waals surface area contributed by atoms with Crippen LogP contribution in [0.1, 0.15) is 30.1 Å². The van der Waals surface area contributed by atoms with Crippen LogP contribution in [0.3, 0.4) is 0 Å². The van der Waals surface area contributed by atoms with E-state index in [4.69, 9.17) is 0 Å². The Morgan fingerprint density at radius 2 is 2.05 bits per heavy atom. The minimum atomic E-state index is -0.753. The number of nitrogens with one attached hydrogen (secondary N) is 1. The zero-order valence-electron chi connectivity index (χ0n) is 11.6. The summed E-state index contributed by atoms with van der Waals surface area (Å²) in [6, 6.07) is 3.05. The van der Waals surface area contributed by atoms with E-state index in [1.54, 1.807) is 6.92 Å². The molecule has 1 aromatic rings. The molecule has 1 fully saturated rings. The summed E-state index contributed by atoms with van der Waals surface area (Å²) >= 11 is 0. The summed E-state index contributed by atoms with van der Waals surface area (Å²) in [6.45, 7) is 1.78. The van der Waals surface area contributed by atoms with Crippen molar-refractivity contribution < 1.29 is 14.4 Å². The molecule has 3 rings (SSSR count). The van der Waals surface area contributed by atoms with Crippen LogP contribution in [0.25, 0.3) is 0 Å². The van der Waals surface area contributed by atoms with Gasteiger partial charge >= 0.3 is 0 Å². The monoisotopic (exact) mass is 285 g/mol. The Bertz CT molecular complexity index is 641. The highest BCUT2D eigenvalue weighted by molar-refractivity contribution is 6.09. The summed E-state index contributed by atoms with van der Waals surface area (Å²) in [5, 5.41) is 0.875. The van der Waals surface area contributed by atoms with Crippen LogP contribution < -0.4 is 5.43 Å². The second kappa shape index (κ2) is 4.80. The van der Waals surface area contributed by atoms with Crippen molar-refractivity contribution in [3.63, 3.8) is 0 Å². The molecule has 0 aromatic carbocycles. The predicted molar refractivity (Wildman–Crippen MR) is 73.5 cm³/mol. The molecule has 21 heavy (non-hydrogen) atoms. The number of amides is 3. The number of allylic oxidation sites excluding steroid dienone is 2. The lowest BCUT2D eigenvalue weighted by atomic mass is 9.72. The molecule has 1 aliphatic carbocycles. The highest BCUT2D eigenvalue weighted by Crippen LogP contribution is 2.44. The quantitative estimate of drug-likeness (QED) is 0.651. The third-order valence-electron chi connectivity index (χ3n) is 4.22. The van der Waals surface area contributed by atoms with Gasteiger partial charge in [0.15, 0.2) is 0 Å². The van der Waals surface area contributed by atoms with E-state index in [0.717, 1.165) is 5.01 Å². The average Bonchev–Trinajstić information content (AvgIpc) is 2.69. The van der Waals surface area contributed by atoms with E-state index in [0.29, 0.717) is 18.4 Å². The molecule has 0 unspecified atom stereocenters. The maximum Gasteiger partial charge on any atom is 0.270 e. The molecule has 1 aromatic heterocycles. The van der Waals surface area contributed by atoms with E-state index in [-0.39, 0.29) is 11.8 Å². The van der Waals surface area contributed by atoms with E-state index < -0.39 is 17.2 Å². The van der Waals surface area contributed by atoms with Gasteiger partial charge in [-0.2, -0.15) is 5.01 Å². The standard InChI is InChI=1S/C15H15N3O3/c1-15-7-3-2-4-11(15)13(20)18(14(15)21)17-12(19)10-5-8-16-9-6-10/h2-3,5-6,8-9,11H,4,7H2,1H3,(H,17,19)/t11-,15+/m0/s1. The third kappa shape index (κ3) is 2.03. The predicted octanol–water partition coefficient (Wildman–Crippen LogP) is 1.07. The molecule has 3 amide bonds. The zero-order chi connectivity index (χ0) is 15.0. The number of carbonyl (C=O) groups excluding carboxylic acids is 3. The van der Waals surface area contributed by atoms with Crippen molar-refractivity contribution in [2.75, 3.05) is 0 Å². The van der Waals surface area contributed by atoms with E-state index in [9.17, 15) is 14.4 Å². The van der Waals surface area contributed by atoms with Gasteiger partial charge in [-0.25, -0.2) is 0 Å². The van der Waals surface area contributed by atoms with Crippen molar-refractivity contribution in [1.29, 1.82) is 0 Å². The molecular formula is C15H15N3O3. The van der Waals surface area contributed by atoms with Crippen molar-refractivity contribution in [2.45, 2.75) is 19.8 Å². The highest BCUT2D eigenvalue weighted by Gasteiger charge is 2.56. The summed E-state index contributed by atoms with van der Waals surface area (Å²) in [5.74, 6) is -1.57. The molecule has 1 N–H and O–H groups in total. The van der Waals surface area contributed by atoms with Crippen molar-refractivity contribution in [3.8, 4) is 0 Å². The number of pyridine rings is 1. The fraction of sp³-hybridized carbons (Fsp3) is 0.333. The van der Waals surface area contributed by atoms with Gasteiger partial charge in [-0.1, -0.05) is 12.2 Å². The van der Waals surface area contributed by atoms with Gasteiger partial charge in [-0.3, -0.25) is 24.8 Å². The van der Waals surface area contributed by atoms with Gasteiger partial charge in [0.1, 0.15) is 0 Å². The first-order chi connectivity index (χ1) is 10.0. The molecular weight excluding hydrogens is 270 g/mol. The van der Waals surface area contributed by atoms with Crippen LogP contribution in [-0.2, 0) is 9.59 Å². The van der Waals surface area contributed by atoms with Crippen LogP contribution >= 0.6 is 0 Å². The maximum atomic E-state index is 12.5. The Balaban J connectivity index is 1.83. The number of hydrogen-bond donors (Lipinski definition) is 1. The number of rotatable bonds is 2. The minimum absolute atomic E-state index is 0.339. The molecule has 0 spiro atoms. The lowest BCUT2D eigenvalue weighted by Gasteiger charge is -2.27. The van der Waals surface area contributed by atoms with Crippen LogP contribution in [-0.4, -0.2) is 27.7 Å². The van der Waals surface area contributed by atoms with Gasteiger partial charge in [0.05, 0.1) is 11.3 Å². The van der Waals surface area contributed by atoms with E-state index in [1.807, 2.05) is 12.2 Å². The Morgan fingerprint density at radius 1 is 1.33 bits per heavy atom. The van der Waals surface area contributed by atoms with Crippen LogP contribution in [0.4, 0.5) is 0 Å². The fourth-order valence-corrected chi connectivity index (χ4v) is 2.86. The summed E-state index contributed by atoms with van der Waals surface area (Å²) in [4.78, 5) is 40.8. The number of hydrogen-bond acceptors (Lipinski definition) is 4. The Hall–Kier alpha value is -2.50. The number of hydrazine groups is 1. The molecule has 1 aliphatic heterocycles. The Labute approximate surface area is 121 Å². The fourth-order valence-electron chi connectivity index (χ4n) is 2.86. The molecule has 6 nitrogen and oxygen atoms in total. The highest BCUT2D eigenvalue weighted by atomic mass is 16.2. The smallest absolute Gasteiger partial charge is 0.270 e. The average molecular weight is 285 g/mol. The number of aromatic nitrogens is 1. The molecule has 0 bridgehead atoms. The molecule has 6 heteroatoms. The van der Waals surface area contributed by atoms with Crippen molar-refractivity contribution >= 4 is 17.7 Å². The molecule has 108 valence electrons. The molecule has 1 saturated heterocycles. The number of nitrogens with zero attached hydrogens (tertiary/aromatic N) is 2. The zero-order valence-corrected chi connectivity index (χ0v) is 11.6. The van der Waals surface area contributed by atoms with E-state index in [2.05, 4.69) is 10.4 Å². The normalized spacial score (nSPS) is 27.7.